The van der Waals surface area contributed by atoms with Gasteiger partial charge in [0.1, 0.15) is 5.54 Å². The second-order valence-electron chi connectivity index (χ2n) is 8.68. The first-order valence-corrected chi connectivity index (χ1v) is 13.2. The van der Waals surface area contributed by atoms with Crippen LogP contribution in [0.4, 0.5) is 29.3 Å². The summed E-state index contributed by atoms with van der Waals surface area (Å²) in [6.45, 7) is 6.83. The van der Waals surface area contributed by atoms with Crippen LogP contribution in [-0.4, -0.2) is 29.4 Å². The number of terminal acetylenes is 1. The van der Waals surface area contributed by atoms with E-state index in [2.05, 4.69) is 141 Å². The van der Waals surface area contributed by atoms with Gasteiger partial charge in [-0.2, -0.15) is 18.4 Å². The molecule has 9 heteroatoms. The normalized spacial score (nSPS) is 11.4. The molecule has 2 fully saturated rings. The fourth-order valence-electron chi connectivity index (χ4n) is 3.74. The van der Waals surface area contributed by atoms with Gasteiger partial charge in [0.2, 0.25) is 0 Å². The van der Waals surface area contributed by atoms with Crippen LogP contribution in [0, 0.1) is 160 Å². The van der Waals surface area contributed by atoms with Crippen molar-refractivity contribution < 1.29 is 22.8 Å². The number of carbonyl (C=O) groups is 2. The van der Waals surface area contributed by atoms with Crippen molar-refractivity contribution in [3.63, 3.8) is 0 Å². The summed E-state index contributed by atoms with van der Waals surface area (Å²) in [5.41, 5.74) is -2.79. The standard InChI is InChI=1S/C25HN.C15H12F3N3O2/c1-2-3-4-5-6-7-8-9-10-11-12-13-14-15-16-17-18-19-20-21-22-23-24-25-26;1-19-11-5-4-9(8-10(11)15(16,17)18)21-12(22)14(6-3-7-14)20(2)13(21)23/h1H;4-5,8H,3,6-7H2,2H3. The number of anilines is 1. The predicted molar refractivity (Wildman–Crippen MR) is 175 cm³/mol. The van der Waals surface area contributed by atoms with E-state index in [1.54, 1.807) is 6.07 Å². The quantitative estimate of drug-likeness (QED) is 0.268. The smallest absolute Gasteiger partial charge is 0.312 e. The second-order valence-corrected chi connectivity index (χ2v) is 8.68. The van der Waals surface area contributed by atoms with Crippen molar-refractivity contribution in [3.05, 3.63) is 35.2 Å². The first-order chi connectivity index (χ1) is 23.6. The number of halogens is 3. The molecule has 1 aliphatic heterocycles. The number of nitrogens with zero attached hydrogens (tertiary/aromatic N) is 4. The van der Waals surface area contributed by atoms with E-state index in [1.165, 1.54) is 18.0 Å². The van der Waals surface area contributed by atoms with Gasteiger partial charge in [-0.05, 0) is 78.8 Å². The minimum atomic E-state index is -4.73. The lowest BCUT2D eigenvalue weighted by atomic mass is 9.76. The van der Waals surface area contributed by atoms with Crippen LogP contribution in [0.15, 0.2) is 18.2 Å². The molecule has 1 aliphatic carbocycles. The maximum atomic E-state index is 13.1. The van der Waals surface area contributed by atoms with E-state index < -0.39 is 34.9 Å². The predicted octanol–water partition coefficient (Wildman–Crippen LogP) is 3.76. The second kappa shape index (κ2) is 19.1. The number of carbonyl (C=O) groups excluding carboxylic acids is 2. The van der Waals surface area contributed by atoms with Crippen molar-refractivity contribution in [2.75, 3.05) is 11.9 Å². The maximum absolute atomic E-state index is 13.1. The third-order valence-corrected chi connectivity index (χ3v) is 6.01. The van der Waals surface area contributed by atoms with Crippen molar-refractivity contribution in [3.8, 4) is 149 Å². The molecule has 0 radical (unpaired) electrons. The zero-order valence-electron chi connectivity index (χ0n) is 25.2. The fraction of sp³-hybridized carbons (Fsp3) is 0.150. The van der Waals surface area contributed by atoms with Gasteiger partial charge in [0.15, 0.2) is 11.8 Å². The van der Waals surface area contributed by atoms with Crippen molar-refractivity contribution in [2.24, 2.45) is 0 Å². The fourth-order valence-corrected chi connectivity index (χ4v) is 3.74. The van der Waals surface area contributed by atoms with Crippen LogP contribution in [0.3, 0.4) is 0 Å². The molecule has 1 saturated heterocycles. The van der Waals surface area contributed by atoms with Crippen LogP contribution in [0.25, 0.3) is 4.85 Å². The highest BCUT2D eigenvalue weighted by Gasteiger charge is 2.59. The van der Waals surface area contributed by atoms with Gasteiger partial charge in [-0.25, -0.2) is 14.5 Å². The number of imide groups is 1. The minimum absolute atomic E-state index is 0.157. The Morgan fingerprint density at radius 1 is 0.755 bits per heavy atom. The summed E-state index contributed by atoms with van der Waals surface area (Å²) in [5.74, 6) is 54.8. The molecule has 2 aliphatic rings. The maximum Gasteiger partial charge on any atom is 0.407 e. The summed E-state index contributed by atoms with van der Waals surface area (Å²) in [5, 5.41) is 8.12. The Kier molecular flexibility index (Phi) is 14.4. The Bertz CT molecular complexity index is 2320. The molecule has 226 valence electrons. The monoisotopic (exact) mass is 638 g/mol. The summed E-state index contributed by atoms with van der Waals surface area (Å²) >= 11 is 0. The van der Waals surface area contributed by atoms with Crippen LogP contribution in [-0.2, 0) is 11.0 Å². The summed E-state index contributed by atoms with van der Waals surface area (Å²) in [7, 11) is 1.48. The molecule has 0 N–H and O–H groups in total. The lowest BCUT2D eigenvalue weighted by molar-refractivity contribution is -0.137. The molecular weight excluding hydrogens is 625 g/mol. The first kappa shape index (κ1) is 36.8. The molecule has 1 aromatic rings. The largest absolute Gasteiger partial charge is 0.407 e. The highest BCUT2D eigenvalue weighted by atomic mass is 19.4. The number of urea groups is 1. The van der Waals surface area contributed by atoms with Gasteiger partial charge in [-0.1, -0.05) is 6.07 Å². The van der Waals surface area contributed by atoms with Crippen LogP contribution in [0.1, 0.15) is 24.8 Å². The number of nitriles is 1. The van der Waals surface area contributed by atoms with E-state index >= 15 is 0 Å². The van der Waals surface area contributed by atoms with Crippen molar-refractivity contribution in [1.29, 1.82) is 5.26 Å². The van der Waals surface area contributed by atoms with E-state index in [1.807, 2.05) is 0 Å². The van der Waals surface area contributed by atoms with Gasteiger partial charge in [0, 0.05) is 95.9 Å². The number of likely N-dealkylation sites (N-methyl/N-ethyl adjacent to an activating group) is 1. The van der Waals surface area contributed by atoms with E-state index in [0.717, 1.165) is 17.4 Å². The Labute approximate surface area is 282 Å². The van der Waals surface area contributed by atoms with Gasteiger partial charge >= 0.3 is 12.2 Å². The van der Waals surface area contributed by atoms with E-state index in [4.69, 9.17) is 18.3 Å². The lowest BCUT2D eigenvalue weighted by Crippen LogP contribution is -2.53. The number of alkyl halides is 3. The lowest BCUT2D eigenvalue weighted by Gasteiger charge is -2.40. The number of benzene rings is 1. The topological polar surface area (TPSA) is 68.8 Å². The van der Waals surface area contributed by atoms with E-state index in [0.29, 0.717) is 18.9 Å². The molecule has 49 heavy (non-hydrogen) atoms. The Hall–Kier alpha value is -8.35. The molecule has 0 aromatic heterocycles. The molecule has 3 amide bonds. The van der Waals surface area contributed by atoms with Gasteiger partial charge in [-0.3, -0.25) is 4.79 Å². The van der Waals surface area contributed by atoms with Gasteiger partial charge in [0.05, 0.1) is 17.8 Å². The zero-order valence-corrected chi connectivity index (χ0v) is 25.2. The Morgan fingerprint density at radius 3 is 1.47 bits per heavy atom. The number of hydrogen-bond acceptors (Lipinski definition) is 3. The van der Waals surface area contributed by atoms with E-state index in [9.17, 15) is 22.8 Å². The summed E-state index contributed by atoms with van der Waals surface area (Å²) < 4.78 is 39.2. The van der Waals surface area contributed by atoms with Crippen molar-refractivity contribution in [1.82, 2.24) is 4.90 Å². The number of rotatable bonds is 1. The molecule has 1 spiro atoms. The molecule has 0 unspecified atom stereocenters. The average Bonchev–Trinajstić information content (AvgIpc) is 3.27. The highest BCUT2D eigenvalue weighted by molar-refractivity contribution is 6.23. The summed E-state index contributed by atoms with van der Waals surface area (Å²) in [4.78, 5) is 29.8. The molecule has 3 rings (SSSR count). The number of hydrogen-bond donors (Lipinski definition) is 0. The van der Waals surface area contributed by atoms with Crippen molar-refractivity contribution >= 4 is 23.3 Å². The van der Waals surface area contributed by atoms with Gasteiger partial charge < -0.3 is 4.90 Å². The third kappa shape index (κ3) is 10.9. The molecular formula is C40H13F3N4O2. The van der Waals surface area contributed by atoms with Crippen LogP contribution < -0.4 is 4.90 Å². The van der Waals surface area contributed by atoms with E-state index in [-0.39, 0.29) is 5.69 Å². The molecule has 0 atom stereocenters. The molecule has 0 bridgehead atoms. The SMILES string of the molecule is C#CC#CC#CC#CC#CC#CC#CC#CC#CC#CC#CC#CC#N.[C-]#[N+]c1ccc(N2C(=O)N(C)C3(CCC3)C2=O)cc1C(F)(F)F. The van der Waals surface area contributed by atoms with Gasteiger partial charge in [0.25, 0.3) is 5.91 Å². The van der Waals surface area contributed by atoms with Crippen LogP contribution >= 0.6 is 0 Å². The number of amides is 3. The zero-order chi connectivity index (χ0) is 36.0. The van der Waals surface area contributed by atoms with Crippen LogP contribution in [0.2, 0.25) is 0 Å². The summed E-state index contributed by atoms with van der Waals surface area (Å²) in [6.07, 6.45) is 1.99. The van der Waals surface area contributed by atoms with Crippen LogP contribution in [0.5, 0.6) is 0 Å². The molecule has 1 saturated carbocycles. The van der Waals surface area contributed by atoms with Gasteiger partial charge in [-0.15, -0.1) is 6.42 Å². The molecule has 6 nitrogen and oxygen atoms in total. The minimum Gasteiger partial charge on any atom is -0.312 e. The first-order valence-electron chi connectivity index (χ1n) is 13.2. The Morgan fingerprint density at radius 2 is 1.16 bits per heavy atom. The third-order valence-electron chi connectivity index (χ3n) is 6.01. The highest BCUT2D eigenvalue weighted by Crippen LogP contribution is 2.46. The Balaban J connectivity index is 0.000000341. The summed E-state index contributed by atoms with van der Waals surface area (Å²) in [6, 6.07) is 3.85. The molecule has 1 heterocycles. The van der Waals surface area contributed by atoms with Crippen molar-refractivity contribution in [2.45, 2.75) is 31.0 Å². The molecule has 1 aromatic carbocycles. The average molecular weight is 639 g/mol.